The van der Waals surface area contributed by atoms with Crippen molar-refractivity contribution >= 4 is 24.5 Å². The Morgan fingerprint density at radius 2 is 2.07 bits per heavy atom. The van der Waals surface area contributed by atoms with Crippen molar-refractivity contribution in [3.8, 4) is 6.07 Å². The molecule has 1 aliphatic heterocycles. The number of nitrogens with one attached hydrogen (secondary N) is 1. The van der Waals surface area contributed by atoms with E-state index >= 15 is 0 Å². The van der Waals surface area contributed by atoms with Crippen LogP contribution >= 0.6 is 12.6 Å². The van der Waals surface area contributed by atoms with Gasteiger partial charge in [0, 0.05) is 6.21 Å². The molecule has 1 aromatic rings. The number of hydrogen-bond donors (Lipinski definition) is 2. The van der Waals surface area contributed by atoms with Crippen LogP contribution in [0.25, 0.3) is 5.70 Å². The molecule has 0 radical (unpaired) electrons. The Bertz CT molecular complexity index is 456. The Morgan fingerprint density at radius 1 is 1.33 bits per heavy atom. The number of aliphatic imine (C=N–C) groups is 1. The van der Waals surface area contributed by atoms with Crippen molar-refractivity contribution in [2.75, 3.05) is 0 Å². The predicted octanol–water partition coefficient (Wildman–Crippen LogP) is 1.81. The monoisotopic (exact) mass is 215 g/mol. The average Bonchev–Trinajstić information content (AvgIpc) is 2.30. The van der Waals surface area contributed by atoms with Gasteiger partial charge in [0.1, 0.15) is 6.07 Å². The summed E-state index contributed by atoms with van der Waals surface area (Å²) in [5, 5.41) is 12.0. The van der Waals surface area contributed by atoms with Crippen molar-refractivity contribution in [3.63, 3.8) is 0 Å². The molecule has 0 spiro atoms. The smallest absolute Gasteiger partial charge is 0.163 e. The maximum Gasteiger partial charge on any atom is 0.163 e. The van der Waals surface area contributed by atoms with Gasteiger partial charge in [-0.05, 0) is 5.56 Å². The van der Waals surface area contributed by atoms with Gasteiger partial charge in [-0.25, -0.2) is 0 Å². The second-order valence-corrected chi connectivity index (χ2v) is 3.55. The van der Waals surface area contributed by atoms with Gasteiger partial charge in [-0.2, -0.15) is 5.26 Å². The van der Waals surface area contributed by atoms with Crippen molar-refractivity contribution in [2.24, 2.45) is 4.99 Å². The number of nitrogens with zero attached hydrogens (tertiary/aromatic N) is 2. The summed E-state index contributed by atoms with van der Waals surface area (Å²) < 4.78 is 0. The van der Waals surface area contributed by atoms with Crippen LogP contribution in [0.3, 0.4) is 0 Å². The van der Waals surface area contributed by atoms with E-state index in [0.717, 1.165) is 11.3 Å². The SMILES string of the molecule is N#CC1=C(c2ccccc2)NC(S)N=C1. The molecule has 0 bridgehead atoms. The van der Waals surface area contributed by atoms with Crippen LogP contribution in [0.1, 0.15) is 5.56 Å². The van der Waals surface area contributed by atoms with E-state index < -0.39 is 0 Å². The third-order valence-corrected chi connectivity index (χ3v) is 2.33. The van der Waals surface area contributed by atoms with E-state index in [1.54, 1.807) is 6.21 Å². The van der Waals surface area contributed by atoms with Crippen LogP contribution in [-0.4, -0.2) is 11.7 Å². The van der Waals surface area contributed by atoms with Crippen LogP contribution in [0.15, 0.2) is 40.9 Å². The molecular formula is C11H9N3S. The van der Waals surface area contributed by atoms with Gasteiger partial charge in [0.05, 0.1) is 11.3 Å². The molecule has 1 aliphatic rings. The lowest BCUT2D eigenvalue weighted by Gasteiger charge is -2.18. The molecule has 0 saturated carbocycles. The van der Waals surface area contributed by atoms with Crippen LogP contribution in [-0.2, 0) is 0 Å². The zero-order valence-corrected chi connectivity index (χ0v) is 8.78. The molecular weight excluding hydrogens is 206 g/mol. The number of hydrogen-bond acceptors (Lipinski definition) is 4. The molecule has 0 fully saturated rings. The van der Waals surface area contributed by atoms with Gasteiger partial charge in [0.25, 0.3) is 0 Å². The lowest BCUT2D eigenvalue weighted by molar-refractivity contribution is 0.838. The molecule has 0 amide bonds. The summed E-state index contributed by atoms with van der Waals surface area (Å²) >= 11 is 4.20. The minimum absolute atomic E-state index is 0.280. The van der Waals surface area contributed by atoms with Gasteiger partial charge in [-0.1, -0.05) is 30.3 Å². The lowest BCUT2D eigenvalue weighted by Crippen LogP contribution is -2.25. The Morgan fingerprint density at radius 3 is 2.73 bits per heavy atom. The molecule has 74 valence electrons. The highest BCUT2D eigenvalue weighted by molar-refractivity contribution is 7.80. The van der Waals surface area contributed by atoms with E-state index in [2.05, 4.69) is 29.0 Å². The molecule has 2 rings (SSSR count). The topological polar surface area (TPSA) is 48.2 Å². The number of nitriles is 1. The standard InChI is InChI=1S/C11H9N3S/c12-6-9-7-13-11(15)14-10(9)8-4-2-1-3-5-8/h1-5,7,11,14-15H. The third-order valence-electron chi connectivity index (χ3n) is 2.07. The normalized spacial score (nSPS) is 19.6. The van der Waals surface area contributed by atoms with Crippen molar-refractivity contribution in [1.82, 2.24) is 5.32 Å². The van der Waals surface area contributed by atoms with Crippen molar-refractivity contribution < 1.29 is 0 Å². The average molecular weight is 215 g/mol. The molecule has 4 heteroatoms. The maximum absolute atomic E-state index is 8.94. The molecule has 3 nitrogen and oxygen atoms in total. The highest BCUT2D eigenvalue weighted by Crippen LogP contribution is 2.19. The van der Waals surface area contributed by atoms with Gasteiger partial charge in [-0.15, -0.1) is 12.6 Å². The predicted molar refractivity (Wildman–Crippen MR) is 63.4 cm³/mol. The molecule has 1 aromatic carbocycles. The second-order valence-electron chi connectivity index (χ2n) is 3.06. The first kappa shape index (κ1) is 9.81. The van der Waals surface area contributed by atoms with Crippen molar-refractivity contribution in [3.05, 3.63) is 41.5 Å². The zero-order chi connectivity index (χ0) is 10.7. The van der Waals surface area contributed by atoms with Gasteiger partial charge >= 0.3 is 0 Å². The van der Waals surface area contributed by atoms with E-state index in [0.29, 0.717) is 5.57 Å². The summed E-state index contributed by atoms with van der Waals surface area (Å²) in [6, 6.07) is 11.8. The molecule has 1 heterocycles. The molecule has 0 saturated heterocycles. The Hall–Kier alpha value is -1.73. The Labute approximate surface area is 93.6 Å². The first-order valence-electron chi connectivity index (χ1n) is 4.49. The van der Waals surface area contributed by atoms with Crippen molar-refractivity contribution in [2.45, 2.75) is 5.50 Å². The molecule has 1 atom stereocenters. The van der Waals surface area contributed by atoms with Crippen LogP contribution in [0.4, 0.5) is 0 Å². The first-order valence-corrected chi connectivity index (χ1v) is 5.00. The minimum Gasteiger partial charge on any atom is -0.354 e. The van der Waals surface area contributed by atoms with Crippen molar-refractivity contribution in [1.29, 1.82) is 5.26 Å². The number of allylic oxidation sites excluding steroid dienone is 1. The summed E-state index contributed by atoms with van der Waals surface area (Å²) in [6.07, 6.45) is 1.55. The molecule has 0 aromatic heterocycles. The Kier molecular flexibility index (Phi) is 2.75. The fraction of sp³-hybridized carbons (Fsp3) is 0.0909. The van der Waals surface area contributed by atoms with E-state index in [-0.39, 0.29) is 5.50 Å². The highest BCUT2D eigenvalue weighted by atomic mass is 32.1. The highest BCUT2D eigenvalue weighted by Gasteiger charge is 2.14. The molecule has 0 aliphatic carbocycles. The number of rotatable bonds is 1. The second kappa shape index (κ2) is 4.20. The molecule has 1 N–H and O–H groups in total. The number of thiol groups is 1. The van der Waals surface area contributed by atoms with Gasteiger partial charge < -0.3 is 5.32 Å². The summed E-state index contributed by atoms with van der Waals surface area (Å²) in [5.41, 5.74) is 2.01. The van der Waals surface area contributed by atoms with E-state index in [1.807, 2.05) is 30.3 Å². The minimum atomic E-state index is -0.280. The van der Waals surface area contributed by atoms with E-state index in [4.69, 9.17) is 5.26 Å². The Balaban J connectivity index is 2.46. The first-order chi connectivity index (χ1) is 7.31. The zero-order valence-electron chi connectivity index (χ0n) is 7.88. The van der Waals surface area contributed by atoms with Crippen LogP contribution < -0.4 is 5.32 Å². The van der Waals surface area contributed by atoms with Crippen LogP contribution in [0.5, 0.6) is 0 Å². The summed E-state index contributed by atoms with van der Waals surface area (Å²) in [4.78, 5) is 4.01. The summed E-state index contributed by atoms with van der Waals surface area (Å²) in [7, 11) is 0. The fourth-order valence-electron chi connectivity index (χ4n) is 1.38. The van der Waals surface area contributed by atoms with Crippen LogP contribution in [0.2, 0.25) is 0 Å². The maximum atomic E-state index is 8.94. The van der Waals surface area contributed by atoms with Gasteiger partial charge in [0.2, 0.25) is 0 Å². The summed E-state index contributed by atoms with van der Waals surface area (Å²) in [5.74, 6) is 0. The fourth-order valence-corrected chi connectivity index (χ4v) is 1.58. The van der Waals surface area contributed by atoms with E-state index in [9.17, 15) is 0 Å². The molecule has 1 unspecified atom stereocenters. The van der Waals surface area contributed by atoms with Gasteiger partial charge in [-0.3, -0.25) is 4.99 Å². The quantitative estimate of drug-likeness (QED) is 0.702. The largest absolute Gasteiger partial charge is 0.354 e. The lowest BCUT2D eigenvalue weighted by atomic mass is 10.1. The third kappa shape index (κ3) is 2.03. The summed E-state index contributed by atoms with van der Waals surface area (Å²) in [6.45, 7) is 0. The number of benzene rings is 1. The molecule has 15 heavy (non-hydrogen) atoms. The van der Waals surface area contributed by atoms with Crippen LogP contribution in [0, 0.1) is 11.3 Å². The van der Waals surface area contributed by atoms with E-state index in [1.165, 1.54) is 0 Å². The van der Waals surface area contributed by atoms with Gasteiger partial charge in [0.15, 0.2) is 5.50 Å².